The van der Waals surface area contributed by atoms with E-state index in [0.29, 0.717) is 12.2 Å². The minimum absolute atomic E-state index is 0.00642. The SMILES string of the molecule is C[C@@]1(C(=O)NC2CCCCCCC2)Cn2c(ccc2-c2ccco2)C(=O)N1C1CCCC1. The van der Waals surface area contributed by atoms with Crippen molar-refractivity contribution in [2.75, 3.05) is 0 Å². The van der Waals surface area contributed by atoms with E-state index in [-0.39, 0.29) is 23.9 Å². The molecule has 32 heavy (non-hydrogen) atoms. The van der Waals surface area contributed by atoms with Gasteiger partial charge in [0, 0.05) is 12.1 Å². The molecular weight excluding hydrogens is 402 g/mol. The van der Waals surface area contributed by atoms with Crippen molar-refractivity contribution in [3.05, 3.63) is 36.2 Å². The first kappa shape index (κ1) is 21.4. The second-order valence-corrected chi connectivity index (χ2v) is 10.1. The maximum atomic E-state index is 13.9. The van der Waals surface area contributed by atoms with Crippen molar-refractivity contribution in [3.8, 4) is 11.5 Å². The van der Waals surface area contributed by atoms with Crippen LogP contribution in [0.25, 0.3) is 11.5 Å². The molecule has 2 amide bonds. The Bertz CT molecular complexity index is 949. The highest BCUT2D eigenvalue weighted by Crippen LogP contribution is 2.38. The average molecular weight is 438 g/mol. The van der Waals surface area contributed by atoms with Crippen molar-refractivity contribution < 1.29 is 14.0 Å². The molecule has 3 aliphatic rings. The Kier molecular flexibility index (Phi) is 5.87. The lowest BCUT2D eigenvalue weighted by atomic mass is 9.90. The van der Waals surface area contributed by atoms with Gasteiger partial charge in [0.15, 0.2) is 0 Å². The largest absolute Gasteiger partial charge is 0.463 e. The molecule has 0 aromatic carbocycles. The zero-order valence-electron chi connectivity index (χ0n) is 19.1. The Morgan fingerprint density at radius 2 is 1.62 bits per heavy atom. The Morgan fingerprint density at radius 1 is 0.969 bits per heavy atom. The predicted octanol–water partition coefficient (Wildman–Crippen LogP) is 5.13. The van der Waals surface area contributed by atoms with Gasteiger partial charge in [-0.15, -0.1) is 0 Å². The highest BCUT2D eigenvalue weighted by atomic mass is 16.3. The number of carbonyl (C=O) groups is 2. The lowest BCUT2D eigenvalue weighted by molar-refractivity contribution is -0.135. The van der Waals surface area contributed by atoms with Crippen LogP contribution in [0.5, 0.6) is 0 Å². The van der Waals surface area contributed by atoms with Crippen LogP contribution >= 0.6 is 0 Å². The van der Waals surface area contributed by atoms with Crippen LogP contribution in [0.4, 0.5) is 0 Å². The Morgan fingerprint density at radius 3 is 2.31 bits per heavy atom. The molecule has 6 nitrogen and oxygen atoms in total. The first-order valence-corrected chi connectivity index (χ1v) is 12.5. The molecule has 1 aliphatic heterocycles. The molecule has 3 heterocycles. The number of hydrogen-bond acceptors (Lipinski definition) is 3. The molecule has 2 saturated carbocycles. The monoisotopic (exact) mass is 437 g/mol. The number of amides is 2. The van der Waals surface area contributed by atoms with E-state index in [1.54, 1.807) is 6.26 Å². The number of carbonyl (C=O) groups excluding carboxylic acids is 2. The van der Waals surface area contributed by atoms with Crippen molar-refractivity contribution in [3.63, 3.8) is 0 Å². The lowest BCUT2D eigenvalue weighted by Gasteiger charge is -2.47. The molecule has 2 aromatic rings. The van der Waals surface area contributed by atoms with Crippen molar-refractivity contribution in [1.29, 1.82) is 0 Å². The second-order valence-electron chi connectivity index (χ2n) is 10.1. The zero-order valence-corrected chi connectivity index (χ0v) is 19.1. The molecule has 1 N–H and O–H groups in total. The Hall–Kier alpha value is -2.50. The number of rotatable bonds is 4. The van der Waals surface area contributed by atoms with E-state index in [1.165, 1.54) is 19.3 Å². The third-order valence-electron chi connectivity index (χ3n) is 7.81. The Labute approximate surface area is 190 Å². The molecule has 0 bridgehead atoms. The van der Waals surface area contributed by atoms with Gasteiger partial charge < -0.3 is 19.2 Å². The summed E-state index contributed by atoms with van der Waals surface area (Å²) in [6.45, 7) is 2.42. The van der Waals surface area contributed by atoms with Crippen molar-refractivity contribution >= 4 is 11.8 Å². The number of furan rings is 1. The van der Waals surface area contributed by atoms with Crippen LogP contribution in [-0.4, -0.2) is 38.9 Å². The lowest BCUT2D eigenvalue weighted by Crippen LogP contribution is -2.67. The predicted molar refractivity (Wildman–Crippen MR) is 123 cm³/mol. The summed E-state index contributed by atoms with van der Waals surface area (Å²) in [5.41, 5.74) is 0.593. The molecule has 0 spiro atoms. The molecule has 0 unspecified atom stereocenters. The van der Waals surface area contributed by atoms with Gasteiger partial charge in [-0.05, 0) is 56.9 Å². The van der Waals surface area contributed by atoms with Gasteiger partial charge in [0.2, 0.25) is 5.91 Å². The van der Waals surface area contributed by atoms with E-state index in [2.05, 4.69) is 5.32 Å². The highest BCUT2D eigenvalue weighted by molar-refractivity contribution is 6.00. The first-order valence-electron chi connectivity index (χ1n) is 12.5. The van der Waals surface area contributed by atoms with E-state index in [1.807, 2.05) is 40.7 Å². The molecule has 2 aromatic heterocycles. The van der Waals surface area contributed by atoms with Gasteiger partial charge in [-0.25, -0.2) is 0 Å². The van der Waals surface area contributed by atoms with Gasteiger partial charge in [-0.3, -0.25) is 9.59 Å². The molecular formula is C26H35N3O3. The van der Waals surface area contributed by atoms with Crippen LogP contribution in [0.1, 0.15) is 88.0 Å². The molecule has 172 valence electrons. The summed E-state index contributed by atoms with van der Waals surface area (Å²) in [5.74, 6) is 0.686. The smallest absolute Gasteiger partial charge is 0.271 e. The number of nitrogens with one attached hydrogen (secondary N) is 1. The van der Waals surface area contributed by atoms with Gasteiger partial charge in [0.05, 0.1) is 18.5 Å². The van der Waals surface area contributed by atoms with Gasteiger partial charge in [0.25, 0.3) is 5.91 Å². The molecule has 2 fully saturated rings. The fourth-order valence-electron chi connectivity index (χ4n) is 6.05. The second kappa shape index (κ2) is 8.80. The Balaban J connectivity index is 1.48. The fraction of sp³-hybridized carbons (Fsp3) is 0.615. The quantitative estimate of drug-likeness (QED) is 0.721. The number of hydrogen-bond donors (Lipinski definition) is 1. The van der Waals surface area contributed by atoms with Gasteiger partial charge in [0.1, 0.15) is 17.0 Å². The van der Waals surface area contributed by atoms with Crippen molar-refractivity contribution in [2.45, 2.75) is 102 Å². The first-order chi connectivity index (χ1) is 15.6. The van der Waals surface area contributed by atoms with E-state index >= 15 is 0 Å². The van der Waals surface area contributed by atoms with Crippen LogP contribution in [0.3, 0.4) is 0 Å². The third-order valence-corrected chi connectivity index (χ3v) is 7.81. The molecule has 0 saturated heterocycles. The fourth-order valence-corrected chi connectivity index (χ4v) is 6.05. The molecule has 0 radical (unpaired) electrons. The topological polar surface area (TPSA) is 67.5 Å². The highest BCUT2D eigenvalue weighted by Gasteiger charge is 2.51. The number of fused-ring (bicyclic) bond motifs is 1. The normalized spacial score (nSPS) is 25.4. The van der Waals surface area contributed by atoms with Gasteiger partial charge in [-0.1, -0.05) is 44.9 Å². The number of aromatic nitrogens is 1. The van der Waals surface area contributed by atoms with E-state index in [9.17, 15) is 9.59 Å². The summed E-state index contributed by atoms with van der Waals surface area (Å²) in [4.78, 5) is 29.6. The van der Waals surface area contributed by atoms with E-state index in [0.717, 1.165) is 62.8 Å². The maximum Gasteiger partial charge on any atom is 0.271 e. The standard InChI is InChI=1S/C26H35N3O3/c1-26(25(31)27-19-10-5-3-2-4-6-11-19)18-28-21(23-14-9-17-32-23)15-16-22(28)24(30)29(26)20-12-7-8-13-20/h9,14-17,19-20H,2-8,10-13,18H2,1H3,(H,27,31)/t26-/m0/s1. The minimum Gasteiger partial charge on any atom is -0.463 e. The summed E-state index contributed by atoms with van der Waals surface area (Å²) >= 11 is 0. The summed E-state index contributed by atoms with van der Waals surface area (Å²) in [7, 11) is 0. The zero-order chi connectivity index (χ0) is 22.1. The van der Waals surface area contributed by atoms with Crippen LogP contribution in [-0.2, 0) is 11.3 Å². The molecule has 1 atom stereocenters. The van der Waals surface area contributed by atoms with Crippen molar-refractivity contribution in [2.24, 2.45) is 0 Å². The minimum atomic E-state index is -0.915. The van der Waals surface area contributed by atoms with Crippen LogP contribution in [0.2, 0.25) is 0 Å². The molecule has 2 aliphatic carbocycles. The van der Waals surface area contributed by atoms with E-state index < -0.39 is 5.54 Å². The van der Waals surface area contributed by atoms with Crippen LogP contribution in [0, 0.1) is 0 Å². The van der Waals surface area contributed by atoms with Gasteiger partial charge >= 0.3 is 0 Å². The van der Waals surface area contributed by atoms with Crippen molar-refractivity contribution in [1.82, 2.24) is 14.8 Å². The van der Waals surface area contributed by atoms with Crippen LogP contribution in [0.15, 0.2) is 34.9 Å². The third kappa shape index (κ3) is 3.78. The summed E-state index contributed by atoms with van der Waals surface area (Å²) < 4.78 is 7.63. The summed E-state index contributed by atoms with van der Waals surface area (Å²) in [6.07, 6.45) is 14.0. The maximum absolute atomic E-state index is 13.9. The van der Waals surface area contributed by atoms with Crippen LogP contribution < -0.4 is 5.32 Å². The molecule has 6 heteroatoms. The summed E-state index contributed by atoms with van der Waals surface area (Å²) in [5, 5.41) is 3.38. The average Bonchev–Trinajstić information content (AvgIpc) is 3.51. The molecule has 5 rings (SSSR count). The number of nitrogens with zero attached hydrogens (tertiary/aromatic N) is 2. The summed E-state index contributed by atoms with van der Waals surface area (Å²) in [6, 6.07) is 7.92. The van der Waals surface area contributed by atoms with E-state index in [4.69, 9.17) is 4.42 Å². The van der Waals surface area contributed by atoms with Gasteiger partial charge in [-0.2, -0.15) is 0 Å².